The summed E-state index contributed by atoms with van der Waals surface area (Å²) in [4.78, 5) is 31.7. The molecule has 3 aromatic rings. The van der Waals surface area contributed by atoms with Crippen LogP contribution in [0, 0.1) is 5.82 Å². The third-order valence-electron chi connectivity index (χ3n) is 5.78. The van der Waals surface area contributed by atoms with Crippen molar-refractivity contribution in [1.82, 2.24) is 4.90 Å². The molecule has 1 saturated heterocycles. The summed E-state index contributed by atoms with van der Waals surface area (Å²) < 4.78 is 13.2. The minimum absolute atomic E-state index is 0.0806. The number of benzene rings is 3. The van der Waals surface area contributed by atoms with Crippen molar-refractivity contribution in [3.05, 3.63) is 95.8 Å². The van der Waals surface area contributed by atoms with Gasteiger partial charge in [-0.05, 0) is 61.0 Å². The summed E-state index contributed by atoms with van der Waals surface area (Å²) in [5, 5.41) is 0. The maximum absolute atomic E-state index is 13.2. The van der Waals surface area contributed by atoms with Crippen molar-refractivity contribution in [2.24, 2.45) is 0 Å². The van der Waals surface area contributed by atoms with Crippen LogP contribution >= 0.6 is 0 Å². The molecule has 0 bridgehead atoms. The molecular formula is C26H26FN3O2. The SMILES string of the molecule is CN(C(=O)c1cccc(C(=O)N2CCCN(c3ccc(F)cc3)CC2)c1)c1ccccc1. The molecule has 1 fully saturated rings. The zero-order chi connectivity index (χ0) is 22.5. The lowest BCUT2D eigenvalue weighted by Gasteiger charge is -2.24. The molecule has 2 amide bonds. The number of para-hydroxylation sites is 1. The van der Waals surface area contributed by atoms with E-state index in [4.69, 9.17) is 0 Å². The van der Waals surface area contributed by atoms with E-state index in [9.17, 15) is 14.0 Å². The fourth-order valence-electron chi connectivity index (χ4n) is 3.96. The van der Waals surface area contributed by atoms with Crippen molar-refractivity contribution in [3.63, 3.8) is 0 Å². The van der Waals surface area contributed by atoms with Gasteiger partial charge in [-0.2, -0.15) is 0 Å². The molecule has 164 valence electrons. The van der Waals surface area contributed by atoms with Gasteiger partial charge in [0.2, 0.25) is 0 Å². The molecule has 0 spiro atoms. The number of halogens is 1. The van der Waals surface area contributed by atoms with E-state index in [1.165, 1.54) is 12.1 Å². The fraction of sp³-hybridized carbons (Fsp3) is 0.231. The van der Waals surface area contributed by atoms with Gasteiger partial charge in [0, 0.05) is 55.7 Å². The van der Waals surface area contributed by atoms with Crippen LogP contribution in [0.15, 0.2) is 78.9 Å². The van der Waals surface area contributed by atoms with Gasteiger partial charge in [-0.1, -0.05) is 24.3 Å². The molecule has 0 radical (unpaired) electrons. The first kappa shape index (κ1) is 21.6. The van der Waals surface area contributed by atoms with Gasteiger partial charge in [-0.15, -0.1) is 0 Å². The molecule has 0 aromatic heterocycles. The zero-order valence-corrected chi connectivity index (χ0v) is 18.1. The second-order valence-corrected chi connectivity index (χ2v) is 7.89. The quantitative estimate of drug-likeness (QED) is 0.613. The van der Waals surface area contributed by atoms with Crippen molar-refractivity contribution in [3.8, 4) is 0 Å². The molecule has 1 aliphatic rings. The Hall–Kier alpha value is -3.67. The number of carbonyl (C=O) groups excluding carboxylic acids is 2. The lowest BCUT2D eigenvalue weighted by atomic mass is 10.1. The Kier molecular flexibility index (Phi) is 6.50. The summed E-state index contributed by atoms with van der Waals surface area (Å²) >= 11 is 0. The lowest BCUT2D eigenvalue weighted by molar-refractivity contribution is 0.0767. The Morgan fingerprint density at radius 2 is 1.53 bits per heavy atom. The van der Waals surface area contributed by atoms with E-state index in [1.54, 1.807) is 48.3 Å². The number of anilines is 2. The number of hydrogen-bond donors (Lipinski definition) is 0. The Morgan fingerprint density at radius 1 is 0.812 bits per heavy atom. The van der Waals surface area contributed by atoms with Crippen molar-refractivity contribution >= 4 is 23.2 Å². The molecular weight excluding hydrogens is 405 g/mol. The minimum atomic E-state index is -0.257. The van der Waals surface area contributed by atoms with Gasteiger partial charge in [0.25, 0.3) is 11.8 Å². The molecule has 0 atom stereocenters. The Balaban J connectivity index is 1.45. The molecule has 5 nitrogen and oxygen atoms in total. The van der Waals surface area contributed by atoms with Crippen molar-refractivity contribution in [1.29, 1.82) is 0 Å². The number of hydrogen-bond acceptors (Lipinski definition) is 3. The Labute approximate surface area is 187 Å². The van der Waals surface area contributed by atoms with Crippen molar-refractivity contribution in [2.45, 2.75) is 6.42 Å². The number of carbonyl (C=O) groups is 2. The molecule has 1 heterocycles. The van der Waals surface area contributed by atoms with Gasteiger partial charge in [0.1, 0.15) is 5.82 Å². The standard InChI is InChI=1S/C26H26FN3O2/c1-28(23-9-3-2-4-10-23)25(31)20-7-5-8-21(19-20)26(32)30-16-6-15-29(17-18-30)24-13-11-22(27)12-14-24/h2-5,7-14,19H,6,15-18H2,1H3. The van der Waals surface area contributed by atoms with Crippen LogP contribution in [0.3, 0.4) is 0 Å². The fourth-order valence-corrected chi connectivity index (χ4v) is 3.96. The smallest absolute Gasteiger partial charge is 0.258 e. The van der Waals surface area contributed by atoms with E-state index in [2.05, 4.69) is 4.90 Å². The summed E-state index contributed by atoms with van der Waals surface area (Å²) in [6, 6.07) is 22.8. The molecule has 32 heavy (non-hydrogen) atoms. The van der Waals surface area contributed by atoms with Crippen LogP contribution in [0.2, 0.25) is 0 Å². The third kappa shape index (κ3) is 4.80. The zero-order valence-electron chi connectivity index (χ0n) is 18.1. The summed E-state index contributed by atoms with van der Waals surface area (Å²) in [5.41, 5.74) is 2.73. The van der Waals surface area contributed by atoms with Gasteiger partial charge in [-0.25, -0.2) is 4.39 Å². The molecule has 6 heteroatoms. The minimum Gasteiger partial charge on any atom is -0.370 e. The molecule has 4 rings (SSSR count). The molecule has 0 aliphatic carbocycles. The topological polar surface area (TPSA) is 43.9 Å². The van der Waals surface area contributed by atoms with E-state index >= 15 is 0 Å². The average Bonchev–Trinajstić information content (AvgIpc) is 3.10. The average molecular weight is 432 g/mol. The normalized spacial score (nSPS) is 14.1. The first-order chi connectivity index (χ1) is 15.5. The van der Waals surface area contributed by atoms with E-state index in [1.807, 2.05) is 35.2 Å². The monoisotopic (exact) mass is 431 g/mol. The van der Waals surface area contributed by atoms with Crippen LogP contribution < -0.4 is 9.80 Å². The number of nitrogens with zero attached hydrogens (tertiary/aromatic N) is 3. The van der Waals surface area contributed by atoms with Crippen LogP contribution in [-0.4, -0.2) is 49.9 Å². The highest BCUT2D eigenvalue weighted by Gasteiger charge is 2.22. The second kappa shape index (κ2) is 9.64. The summed E-state index contributed by atoms with van der Waals surface area (Å²) in [6.07, 6.45) is 0.818. The van der Waals surface area contributed by atoms with Gasteiger partial charge in [0.05, 0.1) is 0 Å². The summed E-state index contributed by atoms with van der Waals surface area (Å²) in [5.74, 6) is -0.500. The first-order valence-corrected chi connectivity index (χ1v) is 10.8. The van der Waals surface area contributed by atoms with Crippen LogP contribution in [0.1, 0.15) is 27.1 Å². The Bertz CT molecular complexity index is 1090. The largest absolute Gasteiger partial charge is 0.370 e. The van der Waals surface area contributed by atoms with E-state index < -0.39 is 0 Å². The Morgan fingerprint density at radius 3 is 2.28 bits per heavy atom. The predicted molar refractivity (Wildman–Crippen MR) is 125 cm³/mol. The van der Waals surface area contributed by atoms with Gasteiger partial charge < -0.3 is 14.7 Å². The molecule has 0 N–H and O–H groups in total. The van der Waals surface area contributed by atoms with Crippen LogP contribution in [0.5, 0.6) is 0 Å². The highest BCUT2D eigenvalue weighted by molar-refractivity contribution is 6.07. The lowest BCUT2D eigenvalue weighted by Crippen LogP contribution is -2.35. The maximum Gasteiger partial charge on any atom is 0.258 e. The van der Waals surface area contributed by atoms with E-state index in [0.717, 1.165) is 24.3 Å². The highest BCUT2D eigenvalue weighted by atomic mass is 19.1. The van der Waals surface area contributed by atoms with Crippen LogP contribution in [0.25, 0.3) is 0 Å². The third-order valence-corrected chi connectivity index (χ3v) is 5.78. The maximum atomic E-state index is 13.2. The van der Waals surface area contributed by atoms with Gasteiger partial charge in [0.15, 0.2) is 0 Å². The van der Waals surface area contributed by atoms with E-state index in [-0.39, 0.29) is 17.6 Å². The van der Waals surface area contributed by atoms with Crippen LogP contribution in [0.4, 0.5) is 15.8 Å². The van der Waals surface area contributed by atoms with E-state index in [0.29, 0.717) is 30.8 Å². The van der Waals surface area contributed by atoms with Gasteiger partial charge in [-0.3, -0.25) is 9.59 Å². The highest BCUT2D eigenvalue weighted by Crippen LogP contribution is 2.19. The molecule has 1 aliphatic heterocycles. The number of amides is 2. The van der Waals surface area contributed by atoms with Crippen LogP contribution in [-0.2, 0) is 0 Å². The van der Waals surface area contributed by atoms with Crippen molar-refractivity contribution in [2.75, 3.05) is 43.0 Å². The molecule has 3 aromatic carbocycles. The first-order valence-electron chi connectivity index (χ1n) is 10.8. The molecule has 0 unspecified atom stereocenters. The predicted octanol–water partition coefficient (Wildman–Crippen LogP) is 4.45. The summed E-state index contributed by atoms with van der Waals surface area (Å²) in [6.45, 7) is 2.68. The van der Waals surface area contributed by atoms with Gasteiger partial charge >= 0.3 is 0 Å². The summed E-state index contributed by atoms with van der Waals surface area (Å²) in [7, 11) is 1.73. The van der Waals surface area contributed by atoms with Crippen molar-refractivity contribution < 1.29 is 14.0 Å². The molecule has 0 saturated carbocycles. The second-order valence-electron chi connectivity index (χ2n) is 7.89. The number of rotatable bonds is 4.